The molecule has 0 atom stereocenters. The molecule has 1 N–H and O–H groups in total. The molecule has 0 spiro atoms. The summed E-state index contributed by atoms with van der Waals surface area (Å²) in [5.41, 5.74) is 0.322. The predicted molar refractivity (Wildman–Crippen MR) is 59.7 cm³/mol. The Kier molecular flexibility index (Phi) is 2.76. The number of hydrogen-bond donors (Lipinski definition) is 1. The molecule has 0 bridgehead atoms. The fourth-order valence-corrected chi connectivity index (χ4v) is 1.47. The van der Waals surface area contributed by atoms with Gasteiger partial charge in [0.25, 0.3) is 5.69 Å². The third-order valence-electron chi connectivity index (χ3n) is 2.29. The van der Waals surface area contributed by atoms with Crippen molar-refractivity contribution in [2.24, 2.45) is 0 Å². The highest BCUT2D eigenvalue weighted by Gasteiger charge is 2.13. The van der Waals surface area contributed by atoms with Gasteiger partial charge in [-0.3, -0.25) is 14.7 Å². The lowest BCUT2D eigenvalue weighted by molar-refractivity contribution is -0.385. The molecule has 8 nitrogen and oxygen atoms in total. The van der Waals surface area contributed by atoms with E-state index in [4.69, 9.17) is 5.11 Å². The van der Waals surface area contributed by atoms with E-state index < -0.39 is 10.9 Å². The minimum absolute atomic E-state index is 0.116. The van der Waals surface area contributed by atoms with E-state index in [9.17, 15) is 14.9 Å². The van der Waals surface area contributed by atoms with Gasteiger partial charge in [0, 0.05) is 12.3 Å². The van der Waals surface area contributed by atoms with Crippen molar-refractivity contribution in [3.8, 4) is 5.82 Å². The van der Waals surface area contributed by atoms with Gasteiger partial charge in [-0.2, -0.15) is 0 Å². The van der Waals surface area contributed by atoms with Crippen molar-refractivity contribution in [1.82, 2.24) is 14.5 Å². The van der Waals surface area contributed by atoms with Crippen LogP contribution >= 0.6 is 0 Å². The van der Waals surface area contributed by atoms with Crippen LogP contribution in [0.2, 0.25) is 0 Å². The summed E-state index contributed by atoms with van der Waals surface area (Å²) in [6.45, 7) is 1.65. The van der Waals surface area contributed by atoms with E-state index in [2.05, 4.69) is 9.97 Å². The van der Waals surface area contributed by atoms with Gasteiger partial charge in [0.1, 0.15) is 18.3 Å². The van der Waals surface area contributed by atoms with Crippen molar-refractivity contribution in [1.29, 1.82) is 0 Å². The highest BCUT2D eigenvalue weighted by molar-refractivity contribution is 5.85. The maximum atomic E-state index is 10.7. The second-order valence-electron chi connectivity index (χ2n) is 3.56. The monoisotopic (exact) mass is 248 g/mol. The molecular formula is C10H8N4O4. The number of carboxylic acids is 1. The molecular weight excluding hydrogens is 240 g/mol. The molecule has 0 amide bonds. The van der Waals surface area contributed by atoms with Gasteiger partial charge < -0.3 is 5.11 Å². The maximum Gasteiger partial charge on any atom is 0.356 e. The molecule has 0 fully saturated rings. The average molecular weight is 248 g/mol. The molecule has 2 heterocycles. The van der Waals surface area contributed by atoms with E-state index in [-0.39, 0.29) is 11.4 Å². The maximum absolute atomic E-state index is 10.7. The van der Waals surface area contributed by atoms with E-state index in [1.165, 1.54) is 23.2 Å². The first-order valence-corrected chi connectivity index (χ1v) is 4.87. The van der Waals surface area contributed by atoms with Crippen molar-refractivity contribution in [2.45, 2.75) is 6.92 Å². The number of pyridine rings is 1. The van der Waals surface area contributed by atoms with Gasteiger partial charge in [-0.15, -0.1) is 0 Å². The summed E-state index contributed by atoms with van der Waals surface area (Å²) < 4.78 is 1.41. The van der Waals surface area contributed by atoms with E-state index in [1.54, 1.807) is 6.92 Å². The molecule has 0 saturated heterocycles. The summed E-state index contributed by atoms with van der Waals surface area (Å²) in [4.78, 5) is 28.3. The van der Waals surface area contributed by atoms with E-state index >= 15 is 0 Å². The molecule has 0 aromatic carbocycles. The Hall–Kier alpha value is -2.77. The van der Waals surface area contributed by atoms with Crippen LogP contribution in [0.1, 0.15) is 16.1 Å². The van der Waals surface area contributed by atoms with Crippen LogP contribution in [0.4, 0.5) is 5.69 Å². The molecule has 2 aromatic heterocycles. The Morgan fingerprint density at radius 2 is 2.22 bits per heavy atom. The number of hydrogen-bond acceptors (Lipinski definition) is 5. The zero-order valence-corrected chi connectivity index (χ0v) is 9.27. The molecule has 8 heteroatoms. The molecule has 0 saturated carbocycles. The number of carbonyl (C=O) groups is 1. The zero-order valence-electron chi connectivity index (χ0n) is 9.27. The fraction of sp³-hybridized carbons (Fsp3) is 0.100. The lowest BCUT2D eigenvalue weighted by Crippen LogP contribution is -2.00. The summed E-state index contributed by atoms with van der Waals surface area (Å²) >= 11 is 0. The van der Waals surface area contributed by atoms with Crippen LogP contribution < -0.4 is 0 Å². The summed E-state index contributed by atoms with van der Waals surface area (Å²) in [7, 11) is 0. The molecule has 18 heavy (non-hydrogen) atoms. The smallest absolute Gasteiger partial charge is 0.356 e. The predicted octanol–water partition coefficient (Wildman–Crippen LogP) is 1.18. The SMILES string of the molecule is Cc1cc([N+](=O)[O-])cnc1-n1cnc(C(=O)O)c1. The Morgan fingerprint density at radius 1 is 1.50 bits per heavy atom. The van der Waals surface area contributed by atoms with Gasteiger partial charge in [0.2, 0.25) is 0 Å². The van der Waals surface area contributed by atoms with Crippen LogP contribution in [-0.2, 0) is 0 Å². The molecule has 92 valence electrons. The van der Waals surface area contributed by atoms with Crippen molar-refractivity contribution in [3.05, 3.63) is 46.2 Å². The minimum Gasteiger partial charge on any atom is -0.476 e. The molecule has 0 radical (unpaired) electrons. The topological polar surface area (TPSA) is 111 Å². The Labute approximate surface area is 101 Å². The number of carboxylic acid groups (broad SMARTS) is 1. The van der Waals surface area contributed by atoms with Gasteiger partial charge in [-0.1, -0.05) is 0 Å². The van der Waals surface area contributed by atoms with E-state index in [0.29, 0.717) is 11.4 Å². The fourth-order valence-electron chi connectivity index (χ4n) is 1.47. The van der Waals surface area contributed by atoms with Crippen LogP contribution in [0.5, 0.6) is 0 Å². The van der Waals surface area contributed by atoms with Crippen LogP contribution in [0.25, 0.3) is 5.82 Å². The van der Waals surface area contributed by atoms with E-state index in [1.807, 2.05) is 0 Å². The molecule has 2 rings (SSSR count). The van der Waals surface area contributed by atoms with Gasteiger partial charge in [-0.05, 0) is 12.5 Å². The highest BCUT2D eigenvalue weighted by atomic mass is 16.6. The third kappa shape index (κ3) is 2.03. The summed E-state index contributed by atoms with van der Waals surface area (Å²) in [5.74, 6) is -0.742. The second-order valence-corrected chi connectivity index (χ2v) is 3.56. The first-order valence-electron chi connectivity index (χ1n) is 4.87. The summed E-state index contributed by atoms with van der Waals surface area (Å²) in [6.07, 6.45) is 3.71. The lowest BCUT2D eigenvalue weighted by atomic mass is 10.2. The number of aromatic nitrogens is 3. The van der Waals surface area contributed by atoms with Gasteiger partial charge in [0.05, 0.1) is 4.92 Å². The van der Waals surface area contributed by atoms with Gasteiger partial charge in [-0.25, -0.2) is 14.8 Å². The number of aromatic carboxylic acids is 1. The number of nitrogens with zero attached hydrogens (tertiary/aromatic N) is 4. The van der Waals surface area contributed by atoms with Crippen molar-refractivity contribution < 1.29 is 14.8 Å². The average Bonchev–Trinajstić information content (AvgIpc) is 2.78. The highest BCUT2D eigenvalue weighted by Crippen LogP contribution is 2.17. The number of imidazole rings is 1. The minimum atomic E-state index is -1.15. The van der Waals surface area contributed by atoms with Gasteiger partial charge >= 0.3 is 5.97 Å². The standard InChI is InChI=1S/C10H8N4O4/c1-6-2-7(14(17)18)3-11-9(6)13-4-8(10(15)16)12-5-13/h2-5H,1H3,(H,15,16). The van der Waals surface area contributed by atoms with Crippen LogP contribution in [0.3, 0.4) is 0 Å². The first kappa shape index (κ1) is 11.7. The normalized spacial score (nSPS) is 10.3. The number of nitro groups is 1. The number of rotatable bonds is 3. The van der Waals surface area contributed by atoms with Crippen LogP contribution in [-0.4, -0.2) is 30.5 Å². The number of aryl methyl sites for hydroxylation is 1. The quantitative estimate of drug-likeness (QED) is 0.644. The first-order chi connectivity index (χ1) is 8.49. The Morgan fingerprint density at radius 3 is 2.72 bits per heavy atom. The second kappa shape index (κ2) is 4.24. The molecule has 2 aromatic rings. The molecule has 0 aliphatic heterocycles. The Balaban J connectivity index is 2.44. The van der Waals surface area contributed by atoms with Crippen molar-refractivity contribution in [2.75, 3.05) is 0 Å². The van der Waals surface area contributed by atoms with Crippen molar-refractivity contribution >= 4 is 11.7 Å². The van der Waals surface area contributed by atoms with Crippen LogP contribution in [0, 0.1) is 17.0 Å². The molecule has 0 unspecified atom stereocenters. The molecule has 0 aliphatic carbocycles. The third-order valence-corrected chi connectivity index (χ3v) is 2.29. The summed E-state index contributed by atoms with van der Waals surface area (Å²) in [6, 6.07) is 1.36. The molecule has 0 aliphatic rings. The Bertz CT molecular complexity index is 635. The summed E-state index contributed by atoms with van der Waals surface area (Å²) in [5, 5.41) is 19.3. The van der Waals surface area contributed by atoms with Gasteiger partial charge in [0.15, 0.2) is 5.69 Å². The largest absolute Gasteiger partial charge is 0.476 e. The van der Waals surface area contributed by atoms with Crippen LogP contribution in [0.15, 0.2) is 24.8 Å². The van der Waals surface area contributed by atoms with E-state index in [0.717, 1.165) is 6.20 Å². The lowest BCUT2D eigenvalue weighted by Gasteiger charge is -2.04. The zero-order chi connectivity index (χ0) is 13.3. The van der Waals surface area contributed by atoms with Crippen molar-refractivity contribution in [3.63, 3.8) is 0 Å².